The number of fused-ring (bicyclic) bond motifs is 1. The summed E-state index contributed by atoms with van der Waals surface area (Å²) >= 11 is 12.1. The first-order valence-electron chi connectivity index (χ1n) is 11.8. The van der Waals surface area contributed by atoms with Crippen molar-refractivity contribution < 1.29 is 9.59 Å². The lowest BCUT2D eigenvalue weighted by atomic mass is 10.1. The van der Waals surface area contributed by atoms with E-state index in [9.17, 15) is 14.4 Å². The Kier molecular flexibility index (Phi) is 6.77. The third-order valence-electron chi connectivity index (χ3n) is 6.59. The molecule has 1 aromatic heterocycles. The zero-order valence-corrected chi connectivity index (χ0v) is 21.3. The first-order chi connectivity index (χ1) is 17.3. The highest BCUT2D eigenvalue weighted by molar-refractivity contribution is 6.42. The van der Waals surface area contributed by atoms with Gasteiger partial charge < -0.3 is 15.1 Å². The van der Waals surface area contributed by atoms with E-state index in [4.69, 9.17) is 23.2 Å². The number of aryl methyl sites for hydroxylation is 1. The summed E-state index contributed by atoms with van der Waals surface area (Å²) in [5.74, 6) is 0.206. The number of benzene rings is 2. The summed E-state index contributed by atoms with van der Waals surface area (Å²) in [6.07, 6.45) is 1.85. The zero-order chi connectivity index (χ0) is 25.4. The largest absolute Gasteiger partial charge is 0.347 e. The van der Waals surface area contributed by atoms with Crippen molar-refractivity contribution in [2.45, 2.75) is 38.9 Å². The number of halogens is 2. The number of hydrogen-bond acceptors (Lipinski definition) is 4. The molecule has 1 atom stereocenters. The predicted molar refractivity (Wildman–Crippen MR) is 138 cm³/mol. The molecule has 3 aromatic rings. The Labute approximate surface area is 218 Å². The van der Waals surface area contributed by atoms with Gasteiger partial charge in [-0.3, -0.25) is 9.36 Å². The van der Waals surface area contributed by atoms with Crippen LogP contribution in [0, 0.1) is 6.92 Å². The SMILES string of the molecule is Cc1ccc(Cn2nc3n(c2=O)C(C(=O)N2CCCC2)CN(C(=O)Nc2ccc(Cl)c(Cl)c2)C3)cc1. The Morgan fingerprint density at radius 1 is 1.03 bits per heavy atom. The van der Waals surface area contributed by atoms with Crippen LogP contribution >= 0.6 is 23.2 Å². The van der Waals surface area contributed by atoms with E-state index < -0.39 is 12.1 Å². The van der Waals surface area contributed by atoms with Gasteiger partial charge in [0.1, 0.15) is 6.04 Å². The number of carbonyl (C=O) groups is 2. The van der Waals surface area contributed by atoms with Crippen LogP contribution in [0.3, 0.4) is 0 Å². The monoisotopic (exact) mass is 528 g/mol. The Morgan fingerprint density at radius 3 is 2.44 bits per heavy atom. The lowest BCUT2D eigenvalue weighted by molar-refractivity contribution is -0.134. The number of carbonyl (C=O) groups excluding carboxylic acids is 2. The minimum Gasteiger partial charge on any atom is -0.341 e. The second-order valence-electron chi connectivity index (χ2n) is 9.20. The van der Waals surface area contributed by atoms with Gasteiger partial charge in [-0.25, -0.2) is 14.3 Å². The number of likely N-dealkylation sites (tertiary alicyclic amines) is 1. The quantitative estimate of drug-likeness (QED) is 0.555. The van der Waals surface area contributed by atoms with Crippen LogP contribution < -0.4 is 11.0 Å². The molecule has 0 spiro atoms. The van der Waals surface area contributed by atoms with Crippen LogP contribution in [0.4, 0.5) is 10.5 Å². The third kappa shape index (κ3) is 4.85. The molecule has 0 bridgehead atoms. The van der Waals surface area contributed by atoms with Crippen LogP contribution in [-0.2, 0) is 17.9 Å². The molecule has 11 heteroatoms. The van der Waals surface area contributed by atoms with E-state index >= 15 is 0 Å². The molecule has 5 rings (SSSR count). The van der Waals surface area contributed by atoms with Crippen molar-refractivity contribution in [2.75, 3.05) is 25.0 Å². The van der Waals surface area contributed by atoms with Crippen LogP contribution in [0.2, 0.25) is 10.0 Å². The van der Waals surface area contributed by atoms with Gasteiger partial charge in [-0.1, -0.05) is 53.0 Å². The summed E-state index contributed by atoms with van der Waals surface area (Å²) in [6.45, 7) is 3.72. The number of nitrogens with one attached hydrogen (secondary N) is 1. The number of urea groups is 1. The summed E-state index contributed by atoms with van der Waals surface area (Å²) in [5.41, 5.74) is 2.17. The van der Waals surface area contributed by atoms with E-state index in [1.807, 2.05) is 31.2 Å². The van der Waals surface area contributed by atoms with Crippen molar-refractivity contribution in [2.24, 2.45) is 0 Å². The zero-order valence-electron chi connectivity index (χ0n) is 19.8. The van der Waals surface area contributed by atoms with Gasteiger partial charge in [-0.15, -0.1) is 0 Å². The molecule has 1 saturated heterocycles. The van der Waals surface area contributed by atoms with E-state index in [0.29, 0.717) is 34.6 Å². The van der Waals surface area contributed by atoms with Crippen LogP contribution in [0.5, 0.6) is 0 Å². The molecule has 9 nitrogen and oxygen atoms in total. The molecular formula is C25H26Cl2N6O3. The Balaban J connectivity index is 1.45. The van der Waals surface area contributed by atoms with Crippen LogP contribution in [0.15, 0.2) is 47.3 Å². The first kappa shape index (κ1) is 24.4. The van der Waals surface area contributed by atoms with Gasteiger partial charge >= 0.3 is 11.7 Å². The standard InChI is InChI=1S/C25H26Cl2N6O3/c1-16-4-6-17(7-5-16)13-32-25(36)33-21(23(34)30-10-2-3-11-30)14-31(15-22(33)29-32)24(35)28-18-8-9-19(26)20(27)12-18/h4-9,12,21H,2-3,10-11,13-15H2,1H3,(H,28,35). The predicted octanol–water partition coefficient (Wildman–Crippen LogP) is 3.92. The van der Waals surface area contributed by atoms with E-state index in [1.54, 1.807) is 23.1 Å². The van der Waals surface area contributed by atoms with Crippen molar-refractivity contribution in [3.8, 4) is 0 Å². The number of rotatable bonds is 4. The average molecular weight is 529 g/mol. The summed E-state index contributed by atoms with van der Waals surface area (Å²) in [6, 6.07) is 11.4. The summed E-state index contributed by atoms with van der Waals surface area (Å²) < 4.78 is 2.82. The molecule has 2 aliphatic heterocycles. The smallest absolute Gasteiger partial charge is 0.341 e. The number of hydrogen-bond donors (Lipinski definition) is 1. The molecule has 3 heterocycles. The molecule has 1 N–H and O–H groups in total. The van der Waals surface area contributed by atoms with Crippen molar-refractivity contribution >= 4 is 40.8 Å². The summed E-state index contributed by atoms with van der Waals surface area (Å²) in [5, 5.41) is 8.03. The van der Waals surface area contributed by atoms with Crippen molar-refractivity contribution in [1.82, 2.24) is 24.1 Å². The van der Waals surface area contributed by atoms with Crippen LogP contribution in [0.1, 0.15) is 35.8 Å². The third-order valence-corrected chi connectivity index (χ3v) is 7.33. The van der Waals surface area contributed by atoms with Crippen molar-refractivity contribution in [3.63, 3.8) is 0 Å². The normalized spacial score (nSPS) is 17.2. The lowest BCUT2D eigenvalue weighted by Crippen LogP contribution is -2.51. The molecule has 1 unspecified atom stereocenters. The highest BCUT2D eigenvalue weighted by atomic mass is 35.5. The fourth-order valence-electron chi connectivity index (χ4n) is 4.65. The van der Waals surface area contributed by atoms with E-state index in [-0.39, 0.29) is 31.2 Å². The maximum absolute atomic E-state index is 13.5. The summed E-state index contributed by atoms with van der Waals surface area (Å²) in [7, 11) is 0. The van der Waals surface area contributed by atoms with Gasteiger partial charge in [0.05, 0.1) is 29.7 Å². The van der Waals surface area contributed by atoms with E-state index in [0.717, 1.165) is 24.0 Å². The molecule has 0 aliphatic carbocycles. The van der Waals surface area contributed by atoms with Gasteiger partial charge in [0, 0.05) is 18.8 Å². The lowest BCUT2D eigenvalue weighted by Gasteiger charge is -2.34. The molecule has 0 radical (unpaired) electrons. The van der Waals surface area contributed by atoms with Crippen molar-refractivity contribution in [1.29, 1.82) is 0 Å². The molecular weight excluding hydrogens is 503 g/mol. The molecule has 1 fully saturated rings. The number of amides is 3. The Hall–Kier alpha value is -3.30. The second-order valence-corrected chi connectivity index (χ2v) is 10.0. The van der Waals surface area contributed by atoms with Gasteiger partial charge in [0.25, 0.3) is 0 Å². The molecule has 188 valence electrons. The summed E-state index contributed by atoms with van der Waals surface area (Å²) in [4.78, 5) is 43.3. The fourth-order valence-corrected chi connectivity index (χ4v) is 4.95. The topological polar surface area (TPSA) is 92.5 Å². The number of aromatic nitrogens is 3. The van der Waals surface area contributed by atoms with E-state index in [2.05, 4.69) is 10.4 Å². The van der Waals surface area contributed by atoms with Gasteiger partial charge in [-0.2, -0.15) is 5.10 Å². The minimum absolute atomic E-state index is 0.0611. The Morgan fingerprint density at radius 2 is 1.75 bits per heavy atom. The van der Waals surface area contributed by atoms with Gasteiger partial charge in [0.2, 0.25) is 5.91 Å². The Bertz CT molecular complexity index is 1360. The van der Waals surface area contributed by atoms with Gasteiger partial charge in [0.15, 0.2) is 5.82 Å². The first-order valence-corrected chi connectivity index (χ1v) is 12.6. The molecule has 2 aromatic carbocycles. The molecule has 3 amide bonds. The highest BCUT2D eigenvalue weighted by Crippen LogP contribution is 2.27. The molecule has 36 heavy (non-hydrogen) atoms. The van der Waals surface area contributed by atoms with Gasteiger partial charge in [-0.05, 0) is 43.5 Å². The highest BCUT2D eigenvalue weighted by Gasteiger charge is 2.38. The molecule has 2 aliphatic rings. The number of nitrogens with zero attached hydrogens (tertiary/aromatic N) is 5. The van der Waals surface area contributed by atoms with Crippen LogP contribution in [0.25, 0.3) is 0 Å². The average Bonchev–Trinajstić information content (AvgIpc) is 3.51. The minimum atomic E-state index is -0.842. The number of anilines is 1. The maximum Gasteiger partial charge on any atom is 0.347 e. The fraction of sp³-hybridized carbons (Fsp3) is 0.360. The van der Waals surface area contributed by atoms with E-state index in [1.165, 1.54) is 14.1 Å². The second kappa shape index (κ2) is 9.99. The molecule has 0 saturated carbocycles. The van der Waals surface area contributed by atoms with Crippen LogP contribution in [-0.4, -0.2) is 55.7 Å². The van der Waals surface area contributed by atoms with Crippen molar-refractivity contribution in [3.05, 3.63) is 79.9 Å². The maximum atomic E-state index is 13.5.